The van der Waals surface area contributed by atoms with E-state index in [2.05, 4.69) is 23.1 Å². The zero-order valence-electron chi connectivity index (χ0n) is 5.83. The second-order valence-electron chi connectivity index (χ2n) is 2.13. The number of aliphatic imine (C=N–C) groups is 2. The van der Waals surface area contributed by atoms with Crippen LogP contribution in [-0.2, 0) is 0 Å². The van der Waals surface area contributed by atoms with Crippen molar-refractivity contribution in [1.29, 1.82) is 0 Å². The molecule has 2 heteroatoms. The summed E-state index contributed by atoms with van der Waals surface area (Å²) in [6, 6.07) is 0. The number of hydrogen-bond donors (Lipinski definition) is 0. The third-order valence-electron chi connectivity index (χ3n) is 1.43. The molecule has 0 fully saturated rings. The zero-order chi connectivity index (χ0) is 7.45. The molecule has 0 spiro atoms. The van der Waals surface area contributed by atoms with Crippen LogP contribution in [0.1, 0.15) is 6.42 Å². The molecule has 2 nitrogen and oxygen atoms in total. The molecule has 1 heterocycles. The molecule has 0 atom stereocenters. The van der Waals surface area contributed by atoms with Gasteiger partial charge in [-0.1, -0.05) is 12.7 Å². The summed E-state index contributed by atoms with van der Waals surface area (Å²) in [5.41, 5.74) is -0.429. The minimum atomic E-state index is -0.429. The van der Waals surface area contributed by atoms with Gasteiger partial charge >= 0.3 is 0 Å². The first-order valence-electron chi connectivity index (χ1n) is 3.16. The van der Waals surface area contributed by atoms with Crippen LogP contribution in [0.3, 0.4) is 0 Å². The third kappa shape index (κ3) is 1.05. The summed E-state index contributed by atoms with van der Waals surface area (Å²) in [6.45, 7) is 7.28. The van der Waals surface area contributed by atoms with Gasteiger partial charge in [-0.25, -0.2) is 0 Å². The van der Waals surface area contributed by atoms with Gasteiger partial charge in [0.15, 0.2) is 5.66 Å². The molecule has 0 aromatic heterocycles. The first-order chi connectivity index (χ1) is 4.83. The van der Waals surface area contributed by atoms with Crippen LogP contribution in [0.5, 0.6) is 0 Å². The van der Waals surface area contributed by atoms with Gasteiger partial charge in [-0.05, 0) is 6.08 Å². The van der Waals surface area contributed by atoms with E-state index in [9.17, 15) is 0 Å². The van der Waals surface area contributed by atoms with E-state index < -0.39 is 5.66 Å². The van der Waals surface area contributed by atoms with Crippen molar-refractivity contribution in [3.05, 3.63) is 25.3 Å². The molecule has 0 aliphatic carbocycles. The highest BCUT2D eigenvalue weighted by Crippen LogP contribution is 2.21. The fourth-order valence-corrected chi connectivity index (χ4v) is 0.865. The Kier molecular flexibility index (Phi) is 1.81. The molecule has 0 radical (unpaired) electrons. The van der Waals surface area contributed by atoms with Crippen molar-refractivity contribution in [2.45, 2.75) is 12.1 Å². The van der Waals surface area contributed by atoms with Gasteiger partial charge in [-0.15, -0.1) is 6.58 Å². The van der Waals surface area contributed by atoms with Crippen LogP contribution in [0.15, 0.2) is 35.3 Å². The maximum absolute atomic E-state index is 4.14. The molecule has 0 saturated heterocycles. The van der Waals surface area contributed by atoms with Crippen molar-refractivity contribution >= 4 is 12.4 Å². The van der Waals surface area contributed by atoms with Crippen molar-refractivity contribution < 1.29 is 0 Å². The number of hydrogen-bond acceptors (Lipinski definition) is 2. The number of rotatable bonds is 3. The molecule has 0 aromatic carbocycles. The molecule has 1 aliphatic rings. The average Bonchev–Trinajstić information content (AvgIpc) is 2.39. The monoisotopic (exact) mass is 134 g/mol. The summed E-state index contributed by atoms with van der Waals surface area (Å²) in [6.07, 6.45) is 7.62. The molecular weight excluding hydrogens is 124 g/mol. The van der Waals surface area contributed by atoms with Crippen molar-refractivity contribution in [2.24, 2.45) is 9.98 Å². The molecule has 0 bridgehead atoms. The Labute approximate surface area is 60.7 Å². The van der Waals surface area contributed by atoms with E-state index in [1.54, 1.807) is 24.6 Å². The van der Waals surface area contributed by atoms with Crippen LogP contribution in [-0.4, -0.2) is 18.1 Å². The molecule has 0 unspecified atom stereocenters. The lowest BCUT2D eigenvalue weighted by molar-refractivity contribution is 0.585. The van der Waals surface area contributed by atoms with E-state index in [0.29, 0.717) is 0 Å². The van der Waals surface area contributed by atoms with E-state index in [0.717, 1.165) is 6.42 Å². The van der Waals surface area contributed by atoms with Gasteiger partial charge in [0, 0.05) is 18.9 Å². The lowest BCUT2D eigenvalue weighted by atomic mass is 10.1. The van der Waals surface area contributed by atoms with Gasteiger partial charge in [0.2, 0.25) is 0 Å². The van der Waals surface area contributed by atoms with Crippen molar-refractivity contribution in [1.82, 2.24) is 0 Å². The van der Waals surface area contributed by atoms with E-state index in [1.165, 1.54) is 0 Å². The summed E-state index contributed by atoms with van der Waals surface area (Å²) in [4.78, 5) is 8.28. The molecule has 52 valence electrons. The standard InChI is InChI=1S/C8H10N2/c1-3-5-8(4-2)9-6-7-10-8/h3-4,6-7H,1-2,5H2. The fraction of sp³-hybridized carbons (Fsp3) is 0.250. The first-order valence-corrected chi connectivity index (χ1v) is 3.16. The fourth-order valence-electron chi connectivity index (χ4n) is 0.865. The molecule has 1 rings (SSSR count). The van der Waals surface area contributed by atoms with E-state index in [4.69, 9.17) is 0 Å². The molecular formula is C8H10N2. The Bertz CT molecular complexity index is 189. The molecule has 0 amide bonds. The van der Waals surface area contributed by atoms with Crippen molar-refractivity contribution in [3.63, 3.8) is 0 Å². The Morgan fingerprint density at radius 2 is 1.90 bits per heavy atom. The maximum Gasteiger partial charge on any atom is 0.171 e. The van der Waals surface area contributed by atoms with Crippen molar-refractivity contribution in [2.75, 3.05) is 0 Å². The summed E-state index contributed by atoms with van der Waals surface area (Å²) in [7, 11) is 0. The zero-order valence-corrected chi connectivity index (χ0v) is 5.83. The van der Waals surface area contributed by atoms with Gasteiger partial charge in [-0.2, -0.15) is 0 Å². The smallest absolute Gasteiger partial charge is 0.171 e. The van der Waals surface area contributed by atoms with Gasteiger partial charge < -0.3 is 0 Å². The Morgan fingerprint density at radius 3 is 2.30 bits per heavy atom. The summed E-state index contributed by atoms with van der Waals surface area (Å²) >= 11 is 0. The number of nitrogens with zero attached hydrogens (tertiary/aromatic N) is 2. The summed E-state index contributed by atoms with van der Waals surface area (Å²) in [5, 5.41) is 0. The highest BCUT2D eigenvalue weighted by molar-refractivity contribution is 6.17. The quantitative estimate of drug-likeness (QED) is 0.524. The van der Waals surface area contributed by atoms with Crippen LogP contribution >= 0.6 is 0 Å². The van der Waals surface area contributed by atoms with Gasteiger partial charge in [0.1, 0.15) is 0 Å². The highest BCUT2D eigenvalue weighted by Gasteiger charge is 2.22. The summed E-state index contributed by atoms with van der Waals surface area (Å²) in [5.74, 6) is 0. The van der Waals surface area contributed by atoms with Crippen molar-refractivity contribution in [3.8, 4) is 0 Å². The van der Waals surface area contributed by atoms with Crippen LogP contribution in [0, 0.1) is 0 Å². The molecule has 0 aromatic rings. The Morgan fingerprint density at radius 1 is 1.30 bits per heavy atom. The topological polar surface area (TPSA) is 24.7 Å². The lowest BCUT2D eigenvalue weighted by Gasteiger charge is -2.14. The predicted octanol–water partition coefficient (Wildman–Crippen LogP) is 1.60. The second-order valence-corrected chi connectivity index (χ2v) is 2.13. The SMILES string of the molecule is C=CCC1(C=C)N=CC=N1. The minimum Gasteiger partial charge on any atom is -0.258 e. The normalized spacial score (nSPS) is 19.2. The van der Waals surface area contributed by atoms with Crippen LogP contribution < -0.4 is 0 Å². The van der Waals surface area contributed by atoms with E-state index in [1.807, 2.05) is 0 Å². The second kappa shape index (κ2) is 2.60. The molecule has 10 heavy (non-hydrogen) atoms. The predicted molar refractivity (Wildman–Crippen MR) is 44.7 cm³/mol. The van der Waals surface area contributed by atoms with Gasteiger partial charge in [0.05, 0.1) is 0 Å². The maximum atomic E-state index is 4.14. The largest absolute Gasteiger partial charge is 0.258 e. The first kappa shape index (κ1) is 6.93. The van der Waals surface area contributed by atoms with Crippen LogP contribution in [0.2, 0.25) is 0 Å². The lowest BCUT2D eigenvalue weighted by Crippen LogP contribution is -2.15. The highest BCUT2D eigenvalue weighted by atomic mass is 15.1. The summed E-state index contributed by atoms with van der Waals surface area (Å²) < 4.78 is 0. The van der Waals surface area contributed by atoms with E-state index in [-0.39, 0.29) is 0 Å². The molecule has 0 N–H and O–H groups in total. The third-order valence-corrected chi connectivity index (χ3v) is 1.43. The molecule has 0 saturated carbocycles. The average molecular weight is 134 g/mol. The van der Waals surface area contributed by atoms with Gasteiger partial charge in [0.25, 0.3) is 0 Å². The van der Waals surface area contributed by atoms with Gasteiger partial charge in [-0.3, -0.25) is 9.98 Å². The Hall–Kier alpha value is -1.18. The minimum absolute atomic E-state index is 0.429. The Balaban J connectivity index is 2.78. The van der Waals surface area contributed by atoms with Crippen LogP contribution in [0.25, 0.3) is 0 Å². The van der Waals surface area contributed by atoms with E-state index >= 15 is 0 Å². The van der Waals surface area contributed by atoms with Crippen LogP contribution in [0.4, 0.5) is 0 Å². The molecule has 1 aliphatic heterocycles.